The summed E-state index contributed by atoms with van der Waals surface area (Å²) in [5.41, 5.74) is 0.204. The van der Waals surface area contributed by atoms with E-state index in [-0.39, 0.29) is 28.7 Å². The SMILES string of the molecule is CC[C@H](C)[C@H](NC(=O)c1ccc(S(=O)(=O)CCOC)cc1)C(=O)O. The van der Waals surface area contributed by atoms with Crippen molar-refractivity contribution in [3.05, 3.63) is 29.8 Å². The molecule has 1 amide bonds. The molecule has 134 valence electrons. The molecule has 0 aliphatic carbocycles. The number of aliphatic carboxylic acids is 1. The Kier molecular flexibility index (Phi) is 7.37. The minimum atomic E-state index is -3.47. The first kappa shape index (κ1) is 20.1. The molecule has 0 bridgehead atoms. The summed E-state index contributed by atoms with van der Waals surface area (Å²) >= 11 is 0. The van der Waals surface area contributed by atoms with Crippen molar-refractivity contribution in [3.63, 3.8) is 0 Å². The molecular formula is C16H23NO6S. The highest BCUT2D eigenvalue weighted by atomic mass is 32.2. The fraction of sp³-hybridized carbons (Fsp3) is 0.500. The van der Waals surface area contributed by atoms with E-state index in [0.717, 1.165) is 0 Å². The van der Waals surface area contributed by atoms with Crippen LogP contribution in [0.4, 0.5) is 0 Å². The van der Waals surface area contributed by atoms with E-state index < -0.39 is 27.8 Å². The van der Waals surface area contributed by atoms with Crippen molar-refractivity contribution >= 4 is 21.7 Å². The van der Waals surface area contributed by atoms with Gasteiger partial charge in [0.1, 0.15) is 6.04 Å². The third-order valence-electron chi connectivity index (χ3n) is 3.80. The minimum absolute atomic E-state index is 0.0831. The molecule has 0 aromatic heterocycles. The number of hydrogen-bond acceptors (Lipinski definition) is 5. The highest BCUT2D eigenvalue weighted by Crippen LogP contribution is 2.14. The van der Waals surface area contributed by atoms with Crippen molar-refractivity contribution in [2.75, 3.05) is 19.5 Å². The number of carbonyl (C=O) groups excluding carboxylic acids is 1. The zero-order valence-electron chi connectivity index (χ0n) is 14.0. The van der Waals surface area contributed by atoms with E-state index in [0.29, 0.717) is 6.42 Å². The molecule has 0 unspecified atom stereocenters. The molecule has 2 atom stereocenters. The van der Waals surface area contributed by atoms with Gasteiger partial charge in [-0.1, -0.05) is 20.3 Å². The van der Waals surface area contributed by atoms with Gasteiger partial charge in [0.2, 0.25) is 0 Å². The largest absolute Gasteiger partial charge is 0.480 e. The standard InChI is InChI=1S/C16H23NO6S/c1-4-11(2)14(16(19)20)17-15(18)12-5-7-13(8-6-12)24(21,22)10-9-23-3/h5-8,11,14H,4,9-10H2,1-3H3,(H,17,18)(H,19,20)/t11-,14-/m0/s1. The van der Waals surface area contributed by atoms with E-state index in [2.05, 4.69) is 5.32 Å². The zero-order chi connectivity index (χ0) is 18.3. The van der Waals surface area contributed by atoms with Crippen LogP contribution in [0.5, 0.6) is 0 Å². The summed E-state index contributed by atoms with van der Waals surface area (Å²) in [7, 11) is -2.05. The Bertz CT molecular complexity index is 668. The molecule has 1 aromatic rings. The third-order valence-corrected chi connectivity index (χ3v) is 5.49. The van der Waals surface area contributed by atoms with E-state index >= 15 is 0 Å². The lowest BCUT2D eigenvalue weighted by Gasteiger charge is -2.20. The Morgan fingerprint density at radius 2 is 1.83 bits per heavy atom. The maximum absolute atomic E-state index is 12.2. The number of rotatable bonds is 9. The van der Waals surface area contributed by atoms with Crippen LogP contribution in [-0.2, 0) is 19.4 Å². The number of methoxy groups -OCH3 is 1. The second kappa shape index (κ2) is 8.79. The lowest BCUT2D eigenvalue weighted by Crippen LogP contribution is -2.45. The van der Waals surface area contributed by atoms with Crippen LogP contribution in [0.2, 0.25) is 0 Å². The zero-order valence-corrected chi connectivity index (χ0v) is 14.8. The first-order valence-corrected chi connectivity index (χ1v) is 9.23. The number of sulfone groups is 1. The lowest BCUT2D eigenvalue weighted by atomic mass is 9.99. The van der Waals surface area contributed by atoms with Gasteiger partial charge in [0.15, 0.2) is 9.84 Å². The van der Waals surface area contributed by atoms with Crippen molar-refractivity contribution in [2.24, 2.45) is 5.92 Å². The number of amides is 1. The number of hydrogen-bond donors (Lipinski definition) is 2. The predicted octanol–water partition coefficient (Wildman–Crippen LogP) is 1.34. The van der Waals surface area contributed by atoms with Crippen LogP contribution in [0.3, 0.4) is 0 Å². The second-order valence-corrected chi connectivity index (χ2v) is 7.62. The van der Waals surface area contributed by atoms with Gasteiger partial charge >= 0.3 is 5.97 Å². The first-order valence-electron chi connectivity index (χ1n) is 7.58. The Morgan fingerprint density at radius 1 is 1.25 bits per heavy atom. The van der Waals surface area contributed by atoms with Crippen LogP contribution in [0, 0.1) is 5.92 Å². The average Bonchev–Trinajstić information content (AvgIpc) is 2.56. The van der Waals surface area contributed by atoms with Gasteiger partial charge < -0.3 is 15.2 Å². The molecule has 0 saturated carbocycles. The molecular weight excluding hydrogens is 334 g/mol. The number of carboxylic acid groups (broad SMARTS) is 1. The van der Waals surface area contributed by atoms with E-state index in [1.165, 1.54) is 31.4 Å². The van der Waals surface area contributed by atoms with Gasteiger partial charge in [-0.05, 0) is 30.2 Å². The molecule has 0 saturated heterocycles. The highest BCUT2D eigenvalue weighted by Gasteiger charge is 2.26. The van der Waals surface area contributed by atoms with Crippen molar-refractivity contribution in [1.82, 2.24) is 5.32 Å². The van der Waals surface area contributed by atoms with E-state index in [9.17, 15) is 23.1 Å². The summed E-state index contributed by atoms with van der Waals surface area (Å²) in [6.45, 7) is 3.66. The molecule has 2 N–H and O–H groups in total. The maximum atomic E-state index is 12.2. The monoisotopic (exact) mass is 357 g/mol. The molecule has 0 heterocycles. The Labute approximate surface area is 141 Å². The molecule has 0 radical (unpaired) electrons. The van der Waals surface area contributed by atoms with E-state index in [1.807, 2.05) is 6.92 Å². The molecule has 0 aliphatic heterocycles. The van der Waals surface area contributed by atoms with Gasteiger partial charge in [-0.2, -0.15) is 0 Å². The summed E-state index contributed by atoms with van der Waals surface area (Å²) in [6.07, 6.45) is 0.605. The summed E-state index contributed by atoms with van der Waals surface area (Å²) < 4.78 is 28.8. The number of ether oxygens (including phenoxy) is 1. The van der Waals surface area contributed by atoms with Crippen molar-refractivity contribution in [1.29, 1.82) is 0 Å². The van der Waals surface area contributed by atoms with Gasteiger partial charge in [0.05, 0.1) is 17.3 Å². The van der Waals surface area contributed by atoms with Gasteiger partial charge in [-0.3, -0.25) is 4.79 Å². The first-order chi connectivity index (χ1) is 11.2. The second-order valence-electron chi connectivity index (χ2n) is 5.51. The summed E-state index contributed by atoms with van der Waals surface area (Å²) in [4.78, 5) is 23.5. The molecule has 24 heavy (non-hydrogen) atoms. The highest BCUT2D eigenvalue weighted by molar-refractivity contribution is 7.91. The topological polar surface area (TPSA) is 110 Å². The van der Waals surface area contributed by atoms with Crippen LogP contribution < -0.4 is 5.32 Å². The molecule has 0 aliphatic rings. The van der Waals surface area contributed by atoms with Gasteiger partial charge in [-0.25, -0.2) is 13.2 Å². The Hall–Kier alpha value is -1.93. The minimum Gasteiger partial charge on any atom is -0.480 e. The smallest absolute Gasteiger partial charge is 0.326 e. The maximum Gasteiger partial charge on any atom is 0.326 e. The molecule has 1 rings (SSSR count). The molecule has 7 nitrogen and oxygen atoms in total. The number of carbonyl (C=O) groups is 2. The number of nitrogens with one attached hydrogen (secondary N) is 1. The summed E-state index contributed by atoms with van der Waals surface area (Å²) in [5.74, 6) is -2.02. The average molecular weight is 357 g/mol. The van der Waals surface area contributed by atoms with Crippen LogP contribution in [0.15, 0.2) is 29.2 Å². The van der Waals surface area contributed by atoms with E-state index in [4.69, 9.17) is 4.74 Å². The van der Waals surface area contributed by atoms with Crippen LogP contribution in [0.25, 0.3) is 0 Å². The fourth-order valence-corrected chi connectivity index (χ4v) is 3.20. The molecule has 8 heteroatoms. The van der Waals surface area contributed by atoms with Crippen molar-refractivity contribution in [3.8, 4) is 0 Å². The normalized spacial score (nSPS) is 14.0. The van der Waals surface area contributed by atoms with E-state index in [1.54, 1.807) is 6.92 Å². The summed E-state index contributed by atoms with van der Waals surface area (Å²) in [6, 6.07) is 4.40. The van der Waals surface area contributed by atoms with Gasteiger partial charge in [-0.15, -0.1) is 0 Å². The Balaban J connectivity index is 2.88. The molecule has 0 fully saturated rings. The van der Waals surface area contributed by atoms with Crippen LogP contribution in [-0.4, -0.2) is 50.9 Å². The van der Waals surface area contributed by atoms with Gasteiger partial charge in [0.25, 0.3) is 5.91 Å². The van der Waals surface area contributed by atoms with Gasteiger partial charge in [0, 0.05) is 12.7 Å². The van der Waals surface area contributed by atoms with Crippen LogP contribution in [0.1, 0.15) is 30.6 Å². The molecule has 1 aromatic carbocycles. The Morgan fingerprint density at radius 3 is 2.29 bits per heavy atom. The number of carboxylic acids is 1. The van der Waals surface area contributed by atoms with Crippen LogP contribution >= 0.6 is 0 Å². The lowest BCUT2D eigenvalue weighted by molar-refractivity contribution is -0.140. The summed E-state index contributed by atoms with van der Waals surface area (Å²) in [5, 5.41) is 11.7. The van der Waals surface area contributed by atoms with Crippen molar-refractivity contribution < 1.29 is 27.9 Å². The fourth-order valence-electron chi connectivity index (χ4n) is 2.03. The third kappa shape index (κ3) is 5.31. The molecule has 0 spiro atoms. The van der Waals surface area contributed by atoms with Crippen molar-refractivity contribution in [2.45, 2.75) is 31.2 Å². The predicted molar refractivity (Wildman–Crippen MR) is 88.7 cm³/mol. The quantitative estimate of drug-likeness (QED) is 0.690. The number of benzene rings is 1.